The number of ether oxygens (including phenoxy) is 2. The lowest BCUT2D eigenvalue weighted by atomic mass is 9.92. The topological polar surface area (TPSA) is 171 Å². The number of urea groups is 1. The molecule has 64 heavy (non-hydrogen) atoms. The van der Waals surface area contributed by atoms with Crippen molar-refractivity contribution in [3.8, 4) is 0 Å². The highest BCUT2D eigenvalue weighted by atomic mass is 31.2. The van der Waals surface area contributed by atoms with Crippen LogP contribution < -0.4 is 20.9 Å². The number of hydrogen-bond acceptors (Lipinski definition) is 11. The van der Waals surface area contributed by atoms with Gasteiger partial charge in [0.1, 0.15) is 6.10 Å². The molecule has 0 fully saturated rings. The molecule has 0 aliphatic heterocycles. The van der Waals surface area contributed by atoms with Crippen molar-refractivity contribution in [2.24, 2.45) is 11.8 Å². The molecule has 0 aliphatic rings. The molecule has 0 aromatic heterocycles. The van der Waals surface area contributed by atoms with Crippen LogP contribution in [0.1, 0.15) is 95.4 Å². The third kappa shape index (κ3) is 18.3. The van der Waals surface area contributed by atoms with E-state index >= 15 is 0 Å². The van der Waals surface area contributed by atoms with E-state index in [1.807, 2.05) is 92.7 Å². The predicted octanol–water partition coefficient (Wildman–Crippen LogP) is 10.5. The number of aryl methyl sites for hydroxylation is 1. The lowest BCUT2D eigenvalue weighted by Crippen LogP contribution is -2.35. The van der Waals surface area contributed by atoms with Gasteiger partial charge in [0.05, 0.1) is 31.0 Å². The molecular weight excluding hydrogens is 836 g/mol. The van der Waals surface area contributed by atoms with Crippen LogP contribution in [0.2, 0.25) is 0 Å². The number of hydrogen-bond donors (Lipinski definition) is 3. The van der Waals surface area contributed by atoms with Gasteiger partial charge in [-0.15, -0.1) is 0 Å². The monoisotopic (exact) mass is 900 g/mol. The van der Waals surface area contributed by atoms with Crippen molar-refractivity contribution in [1.82, 2.24) is 5.32 Å². The molecule has 4 aromatic carbocycles. The van der Waals surface area contributed by atoms with Crippen molar-refractivity contribution in [3.63, 3.8) is 0 Å². The van der Waals surface area contributed by atoms with Crippen molar-refractivity contribution < 1.29 is 46.8 Å². The van der Waals surface area contributed by atoms with Gasteiger partial charge >= 0.3 is 25.8 Å². The summed E-state index contributed by atoms with van der Waals surface area (Å²) in [6, 6.07) is 31.3. The van der Waals surface area contributed by atoms with Gasteiger partial charge in [-0.25, -0.2) is 9.36 Å². The number of nitrogens with zero attached hydrogens (tertiary/aromatic N) is 1. The molecular formula is C49H65N4O10P. The minimum Gasteiger partial charge on any atom is -0.428 e. The second-order valence-corrected chi connectivity index (χ2v) is 18.1. The number of carbonyl (C=O) groups is 4. The van der Waals surface area contributed by atoms with Crippen LogP contribution in [0, 0.1) is 18.8 Å². The third-order valence-electron chi connectivity index (χ3n) is 9.88. The fraction of sp³-hybridized carbons (Fsp3) is 0.429. The second kappa shape index (κ2) is 26.3. The smallest absolute Gasteiger partial charge is 0.428 e. The van der Waals surface area contributed by atoms with Crippen LogP contribution in [0.3, 0.4) is 0 Å². The molecule has 14 nitrogen and oxygen atoms in total. The third-order valence-corrected chi connectivity index (χ3v) is 11.3. The molecule has 0 bridgehead atoms. The average molecular weight is 901 g/mol. The van der Waals surface area contributed by atoms with E-state index in [0.717, 1.165) is 41.0 Å². The molecule has 0 spiro atoms. The van der Waals surface area contributed by atoms with Gasteiger partial charge in [0.15, 0.2) is 0 Å². The normalized spacial score (nSPS) is 12.3. The molecule has 2 atom stereocenters. The summed E-state index contributed by atoms with van der Waals surface area (Å²) in [6.45, 7) is 15.0. The Morgan fingerprint density at radius 2 is 1.30 bits per heavy atom. The quantitative estimate of drug-likeness (QED) is 0.0237. The molecule has 15 heteroatoms. The lowest BCUT2D eigenvalue weighted by Gasteiger charge is -2.31. The van der Waals surface area contributed by atoms with Crippen LogP contribution in [-0.2, 0) is 55.2 Å². The average Bonchev–Trinajstić information content (AvgIpc) is 3.26. The van der Waals surface area contributed by atoms with Crippen LogP contribution in [-0.4, -0.2) is 56.4 Å². The lowest BCUT2D eigenvalue weighted by molar-refractivity contribution is -0.167. The Bertz CT molecular complexity index is 2060. The summed E-state index contributed by atoms with van der Waals surface area (Å²) >= 11 is 0. The number of benzene rings is 4. The largest absolute Gasteiger partial charge is 0.476 e. The second-order valence-electron chi connectivity index (χ2n) is 16.5. The van der Waals surface area contributed by atoms with Gasteiger partial charge in [0.25, 0.3) is 0 Å². The molecule has 3 amide bonds. The van der Waals surface area contributed by atoms with E-state index in [0.29, 0.717) is 29.6 Å². The first kappa shape index (κ1) is 51.1. The van der Waals surface area contributed by atoms with E-state index in [2.05, 4.69) is 48.5 Å². The molecule has 346 valence electrons. The summed E-state index contributed by atoms with van der Waals surface area (Å²) < 4.78 is 40.9. The number of esters is 2. The highest BCUT2D eigenvalue weighted by molar-refractivity contribution is 7.48. The summed E-state index contributed by atoms with van der Waals surface area (Å²) in [5.41, 5.74) is 5.61. The minimum absolute atomic E-state index is 0.0257. The van der Waals surface area contributed by atoms with Gasteiger partial charge in [0.2, 0.25) is 12.7 Å². The predicted molar refractivity (Wildman–Crippen MR) is 250 cm³/mol. The summed E-state index contributed by atoms with van der Waals surface area (Å²) in [6.07, 6.45) is -0.411. The number of carbonyl (C=O) groups excluding carboxylic acids is 4. The Morgan fingerprint density at radius 3 is 1.86 bits per heavy atom. The Balaban J connectivity index is 1.25. The SMILES string of the molecule is CC[C@@H](CC(=O)OCOC(=O)CCCNC(=O)[C@H](C)OP(=O)(OCc1ccccc1)OCc1ccccc1)c1ccc(N(CC(C)C)CC(C)C)c(NC(=O)Nc2ccc(C)cc2)c1. The molecule has 3 N–H and O–H groups in total. The van der Waals surface area contributed by atoms with E-state index in [-0.39, 0.29) is 51.0 Å². The van der Waals surface area contributed by atoms with E-state index in [1.54, 1.807) is 24.3 Å². The van der Waals surface area contributed by atoms with Crippen molar-refractivity contribution in [2.75, 3.05) is 42.0 Å². The Morgan fingerprint density at radius 1 is 0.719 bits per heavy atom. The van der Waals surface area contributed by atoms with Crippen molar-refractivity contribution in [3.05, 3.63) is 125 Å². The Labute approximate surface area is 378 Å². The molecule has 0 unspecified atom stereocenters. The van der Waals surface area contributed by atoms with E-state index in [1.165, 1.54) is 6.92 Å². The van der Waals surface area contributed by atoms with Crippen molar-refractivity contribution >= 4 is 48.8 Å². The summed E-state index contributed by atoms with van der Waals surface area (Å²) in [5.74, 6) is -1.23. The summed E-state index contributed by atoms with van der Waals surface area (Å²) in [4.78, 5) is 53.9. The summed E-state index contributed by atoms with van der Waals surface area (Å²) in [5, 5.41) is 8.64. The van der Waals surface area contributed by atoms with Gasteiger partial charge in [-0.3, -0.25) is 28.0 Å². The van der Waals surface area contributed by atoms with Crippen LogP contribution in [0.4, 0.5) is 21.9 Å². The summed E-state index contributed by atoms with van der Waals surface area (Å²) in [7, 11) is -4.19. The maximum atomic E-state index is 13.6. The zero-order chi connectivity index (χ0) is 46.5. The Hall–Kier alpha value is -5.53. The van der Waals surface area contributed by atoms with Crippen molar-refractivity contribution in [2.45, 2.75) is 99.4 Å². The Kier molecular flexibility index (Phi) is 21.0. The van der Waals surface area contributed by atoms with E-state index in [4.69, 9.17) is 23.0 Å². The number of anilines is 3. The molecule has 0 saturated heterocycles. The molecule has 0 saturated carbocycles. The highest BCUT2D eigenvalue weighted by Crippen LogP contribution is 2.52. The molecule has 4 aromatic rings. The first-order valence-electron chi connectivity index (χ1n) is 21.9. The van der Waals surface area contributed by atoms with Crippen LogP contribution in [0.5, 0.6) is 0 Å². The first-order chi connectivity index (χ1) is 30.6. The van der Waals surface area contributed by atoms with Crippen LogP contribution >= 0.6 is 7.82 Å². The van der Waals surface area contributed by atoms with E-state index < -0.39 is 38.6 Å². The minimum atomic E-state index is -4.19. The van der Waals surface area contributed by atoms with Gasteiger partial charge in [-0.1, -0.05) is 119 Å². The van der Waals surface area contributed by atoms with Gasteiger partial charge in [0, 0.05) is 31.7 Å². The fourth-order valence-corrected chi connectivity index (χ4v) is 7.93. The number of nitrogens with one attached hydrogen (secondary N) is 3. The molecule has 0 radical (unpaired) electrons. The zero-order valence-electron chi connectivity index (χ0n) is 38.2. The van der Waals surface area contributed by atoms with Crippen LogP contribution in [0.15, 0.2) is 103 Å². The zero-order valence-corrected chi connectivity index (χ0v) is 39.1. The fourth-order valence-electron chi connectivity index (χ4n) is 6.63. The molecule has 0 heterocycles. The maximum Gasteiger partial charge on any atom is 0.476 e. The van der Waals surface area contributed by atoms with Gasteiger partial charge < -0.3 is 30.3 Å². The van der Waals surface area contributed by atoms with Crippen LogP contribution in [0.25, 0.3) is 0 Å². The van der Waals surface area contributed by atoms with Crippen molar-refractivity contribution in [1.29, 1.82) is 0 Å². The molecule has 4 rings (SSSR count). The maximum absolute atomic E-state index is 13.6. The number of amides is 3. The standard InChI is InChI=1S/C49H65N4O10P/c1-8-41(42-23-26-45(53(30-35(2)3)31-36(4)5)44(28-42)52-49(57)51-43-24-21-37(6)22-25-43)29-47(55)60-34-59-46(54)20-15-27-50-48(56)38(7)63-64(58,61-32-39-16-11-9-12-17-39)62-33-40-18-13-10-14-19-40/h9-14,16-19,21-26,28,35-36,38,41H,8,15,20,27,29-34H2,1-7H3,(H,50,56)(H2,51,52,57)/t38-,41-/m0/s1. The number of phosphoric acid groups is 1. The number of phosphoric ester groups is 1. The van der Waals surface area contributed by atoms with Gasteiger partial charge in [-0.2, -0.15) is 0 Å². The molecule has 0 aliphatic carbocycles. The van der Waals surface area contributed by atoms with Gasteiger partial charge in [-0.05, 0) is 85.4 Å². The highest BCUT2D eigenvalue weighted by Gasteiger charge is 2.32. The first-order valence-corrected chi connectivity index (χ1v) is 23.4. The van der Waals surface area contributed by atoms with E-state index in [9.17, 15) is 23.7 Å². The number of rotatable bonds is 26.